The van der Waals surface area contributed by atoms with Crippen LogP contribution in [0.2, 0.25) is 0 Å². The fraction of sp³-hybridized carbons (Fsp3) is 0.357. The summed E-state index contributed by atoms with van der Waals surface area (Å²) >= 11 is 1.36. The van der Waals surface area contributed by atoms with Crippen LogP contribution in [-0.2, 0) is 4.79 Å². The van der Waals surface area contributed by atoms with Gasteiger partial charge in [-0.15, -0.1) is 0 Å². The molecule has 0 atom stereocenters. The van der Waals surface area contributed by atoms with Crippen molar-refractivity contribution in [2.75, 3.05) is 12.4 Å². The van der Waals surface area contributed by atoms with Gasteiger partial charge in [-0.05, 0) is 38.5 Å². The molecular formula is C14H17N3O3S. The average molecular weight is 307 g/mol. The van der Waals surface area contributed by atoms with Crippen LogP contribution in [0, 0.1) is 6.92 Å². The molecule has 7 heteroatoms. The van der Waals surface area contributed by atoms with Gasteiger partial charge in [-0.3, -0.25) is 5.32 Å². The highest BCUT2D eigenvalue weighted by molar-refractivity contribution is 7.22. The summed E-state index contributed by atoms with van der Waals surface area (Å²) in [6.07, 6.45) is 0. The summed E-state index contributed by atoms with van der Waals surface area (Å²) < 4.78 is 0.977. The minimum absolute atomic E-state index is 0.452. The summed E-state index contributed by atoms with van der Waals surface area (Å²) in [6.45, 7) is 4.92. The quantitative estimate of drug-likeness (QED) is 0.913. The Labute approximate surface area is 126 Å². The minimum atomic E-state index is -1.29. The van der Waals surface area contributed by atoms with Crippen molar-refractivity contribution < 1.29 is 14.7 Å². The normalized spacial score (nSPS) is 11.4. The van der Waals surface area contributed by atoms with E-state index in [0.717, 1.165) is 20.7 Å². The van der Waals surface area contributed by atoms with Crippen LogP contribution >= 0.6 is 11.3 Å². The first-order chi connectivity index (χ1) is 9.71. The Morgan fingerprint density at radius 3 is 2.67 bits per heavy atom. The number of likely N-dealkylation sites (N-methyl/N-ethyl adjacent to an activating group) is 1. The van der Waals surface area contributed by atoms with Crippen LogP contribution in [0.3, 0.4) is 0 Å². The first-order valence-electron chi connectivity index (χ1n) is 6.37. The number of anilines is 1. The van der Waals surface area contributed by atoms with Gasteiger partial charge >= 0.3 is 12.0 Å². The molecular weight excluding hydrogens is 290 g/mol. The Morgan fingerprint density at radius 2 is 2.05 bits per heavy atom. The molecule has 0 spiro atoms. The first kappa shape index (κ1) is 15.2. The van der Waals surface area contributed by atoms with Crippen LogP contribution in [-0.4, -0.2) is 39.6 Å². The second-order valence-electron chi connectivity index (χ2n) is 5.34. The van der Waals surface area contributed by atoms with E-state index in [0.29, 0.717) is 5.13 Å². The highest BCUT2D eigenvalue weighted by Gasteiger charge is 2.35. The number of aliphatic carboxylic acids is 1. The predicted octanol–water partition coefficient (Wildman–Crippen LogP) is 2.93. The van der Waals surface area contributed by atoms with E-state index < -0.39 is 17.5 Å². The number of rotatable bonds is 3. The molecule has 0 aliphatic rings. The van der Waals surface area contributed by atoms with Crippen LogP contribution in [0.5, 0.6) is 0 Å². The summed E-state index contributed by atoms with van der Waals surface area (Å²) in [7, 11) is 1.45. The first-order valence-corrected chi connectivity index (χ1v) is 7.19. The van der Waals surface area contributed by atoms with Gasteiger partial charge in [0.25, 0.3) is 0 Å². The van der Waals surface area contributed by atoms with Gasteiger partial charge < -0.3 is 10.0 Å². The van der Waals surface area contributed by atoms with Crippen LogP contribution in [0.1, 0.15) is 19.4 Å². The molecule has 2 rings (SSSR count). The van der Waals surface area contributed by atoms with Gasteiger partial charge in [0.2, 0.25) is 0 Å². The lowest BCUT2D eigenvalue weighted by atomic mass is 10.1. The van der Waals surface area contributed by atoms with Gasteiger partial charge in [-0.2, -0.15) is 0 Å². The Hall–Kier alpha value is -2.15. The summed E-state index contributed by atoms with van der Waals surface area (Å²) in [6, 6.07) is 5.33. The second-order valence-corrected chi connectivity index (χ2v) is 6.37. The maximum atomic E-state index is 12.1. The molecule has 0 saturated heterocycles. The van der Waals surface area contributed by atoms with Gasteiger partial charge in [-0.1, -0.05) is 17.4 Å². The number of thiazole rings is 1. The number of hydrogen-bond donors (Lipinski definition) is 2. The lowest BCUT2D eigenvalue weighted by Gasteiger charge is -2.31. The van der Waals surface area contributed by atoms with Gasteiger partial charge in [0.1, 0.15) is 5.54 Å². The zero-order valence-corrected chi connectivity index (χ0v) is 13.1. The Balaban J connectivity index is 2.20. The number of carboxylic acid groups (broad SMARTS) is 1. The Kier molecular flexibility index (Phi) is 3.87. The number of nitrogens with zero attached hydrogens (tertiary/aromatic N) is 2. The predicted molar refractivity (Wildman–Crippen MR) is 82.9 cm³/mol. The molecule has 0 aliphatic carbocycles. The van der Waals surface area contributed by atoms with Crippen LogP contribution in [0.25, 0.3) is 10.2 Å². The van der Waals surface area contributed by atoms with Crippen molar-refractivity contribution in [2.24, 2.45) is 0 Å². The number of hydrogen-bond acceptors (Lipinski definition) is 4. The van der Waals surface area contributed by atoms with Crippen molar-refractivity contribution in [3.05, 3.63) is 23.8 Å². The number of amides is 2. The van der Waals surface area contributed by atoms with Crippen molar-refractivity contribution in [1.82, 2.24) is 9.88 Å². The number of carbonyl (C=O) groups is 2. The zero-order valence-electron chi connectivity index (χ0n) is 12.3. The molecule has 0 saturated carbocycles. The molecule has 2 aromatic rings. The van der Waals surface area contributed by atoms with Crippen molar-refractivity contribution >= 4 is 38.7 Å². The fourth-order valence-electron chi connectivity index (χ4n) is 1.66. The molecule has 1 aromatic heterocycles. The van der Waals surface area contributed by atoms with Crippen molar-refractivity contribution in [3.63, 3.8) is 0 Å². The molecule has 2 N–H and O–H groups in total. The van der Waals surface area contributed by atoms with E-state index in [1.165, 1.54) is 32.2 Å². The standard InChI is InChI=1S/C14H17N3O3S/c1-8-5-6-9-10(7-8)21-12(15-9)16-13(20)17(4)14(2,3)11(18)19/h5-7H,1-4H3,(H,18,19)(H,15,16,20). The van der Waals surface area contributed by atoms with E-state index in [4.69, 9.17) is 5.11 Å². The smallest absolute Gasteiger partial charge is 0.329 e. The Morgan fingerprint density at radius 1 is 1.38 bits per heavy atom. The van der Waals surface area contributed by atoms with Gasteiger partial charge in [0, 0.05) is 7.05 Å². The maximum absolute atomic E-state index is 12.1. The number of fused-ring (bicyclic) bond motifs is 1. The van der Waals surface area contributed by atoms with Crippen molar-refractivity contribution in [3.8, 4) is 0 Å². The highest BCUT2D eigenvalue weighted by Crippen LogP contribution is 2.27. The van der Waals surface area contributed by atoms with E-state index in [-0.39, 0.29) is 0 Å². The molecule has 0 bridgehead atoms. The van der Waals surface area contributed by atoms with Crippen LogP contribution in [0.4, 0.5) is 9.93 Å². The SMILES string of the molecule is Cc1ccc2nc(NC(=O)N(C)C(C)(C)C(=O)O)sc2c1. The molecule has 0 unspecified atom stereocenters. The zero-order chi connectivity index (χ0) is 15.8. The third-order valence-electron chi connectivity index (χ3n) is 3.42. The van der Waals surface area contributed by atoms with E-state index in [2.05, 4.69) is 10.3 Å². The lowest BCUT2D eigenvalue weighted by Crippen LogP contribution is -2.52. The molecule has 6 nitrogen and oxygen atoms in total. The molecule has 0 fully saturated rings. The second kappa shape index (κ2) is 5.33. The number of carbonyl (C=O) groups excluding carboxylic acids is 1. The van der Waals surface area contributed by atoms with Gasteiger partial charge in [0.15, 0.2) is 5.13 Å². The summed E-state index contributed by atoms with van der Waals surface area (Å²) in [5, 5.41) is 12.2. The molecule has 21 heavy (non-hydrogen) atoms. The van der Waals surface area contributed by atoms with Crippen molar-refractivity contribution in [1.29, 1.82) is 0 Å². The summed E-state index contributed by atoms with van der Waals surface area (Å²) in [4.78, 5) is 28.7. The number of aromatic nitrogens is 1. The lowest BCUT2D eigenvalue weighted by molar-refractivity contribution is -0.146. The summed E-state index contributed by atoms with van der Waals surface area (Å²) in [5.74, 6) is -1.07. The topological polar surface area (TPSA) is 82.5 Å². The third kappa shape index (κ3) is 2.97. The largest absolute Gasteiger partial charge is 0.480 e. The maximum Gasteiger partial charge on any atom is 0.329 e. The van der Waals surface area contributed by atoms with Crippen LogP contribution < -0.4 is 5.32 Å². The molecule has 0 aliphatic heterocycles. The number of carboxylic acids is 1. The molecule has 112 valence electrons. The summed E-state index contributed by atoms with van der Waals surface area (Å²) in [5.41, 5.74) is 0.631. The molecule has 0 radical (unpaired) electrons. The molecule has 2 amide bonds. The molecule has 1 aromatic carbocycles. The van der Waals surface area contributed by atoms with Gasteiger partial charge in [-0.25, -0.2) is 14.6 Å². The fourth-order valence-corrected chi connectivity index (χ4v) is 2.61. The average Bonchev–Trinajstić information content (AvgIpc) is 2.78. The van der Waals surface area contributed by atoms with E-state index in [1.54, 1.807) is 0 Å². The Bertz CT molecular complexity index is 709. The number of nitrogens with one attached hydrogen (secondary N) is 1. The molecule has 1 heterocycles. The minimum Gasteiger partial charge on any atom is -0.480 e. The van der Waals surface area contributed by atoms with E-state index >= 15 is 0 Å². The monoisotopic (exact) mass is 307 g/mol. The highest BCUT2D eigenvalue weighted by atomic mass is 32.1. The number of urea groups is 1. The van der Waals surface area contributed by atoms with E-state index in [1.807, 2.05) is 25.1 Å². The van der Waals surface area contributed by atoms with Crippen molar-refractivity contribution in [2.45, 2.75) is 26.3 Å². The van der Waals surface area contributed by atoms with Crippen LogP contribution in [0.15, 0.2) is 18.2 Å². The number of benzene rings is 1. The number of aryl methyl sites for hydroxylation is 1. The third-order valence-corrected chi connectivity index (χ3v) is 4.36. The van der Waals surface area contributed by atoms with E-state index in [9.17, 15) is 9.59 Å². The van der Waals surface area contributed by atoms with Gasteiger partial charge in [0.05, 0.1) is 10.2 Å².